The average Bonchev–Trinajstić information content (AvgIpc) is 2.48. The van der Waals surface area contributed by atoms with Crippen LogP contribution in [0.4, 0.5) is 0 Å². The van der Waals surface area contributed by atoms with Gasteiger partial charge in [0.1, 0.15) is 4.90 Å². The first-order chi connectivity index (χ1) is 10.0. The van der Waals surface area contributed by atoms with Crippen molar-refractivity contribution in [2.75, 3.05) is 6.54 Å². The number of nitrogens with zero attached hydrogens (tertiary/aromatic N) is 2. The van der Waals surface area contributed by atoms with Crippen LogP contribution in [0.5, 0.6) is 0 Å². The summed E-state index contributed by atoms with van der Waals surface area (Å²) in [7, 11) is -3.75. The largest absolute Gasteiger partial charge is 0.264 e. The lowest BCUT2D eigenvalue weighted by atomic mass is 10.2. The SMILES string of the molecule is N#Cc1ccc(Cl)c(S(=O)(=O)NCCc2cccnc2)c1. The van der Waals surface area contributed by atoms with E-state index in [1.165, 1.54) is 18.2 Å². The van der Waals surface area contributed by atoms with Gasteiger partial charge in [0.05, 0.1) is 16.7 Å². The lowest BCUT2D eigenvalue weighted by molar-refractivity contribution is 0.581. The molecule has 0 unspecified atom stereocenters. The number of pyridine rings is 1. The van der Waals surface area contributed by atoms with E-state index in [0.717, 1.165) is 5.56 Å². The summed E-state index contributed by atoms with van der Waals surface area (Å²) in [5, 5.41) is 8.91. The summed E-state index contributed by atoms with van der Waals surface area (Å²) >= 11 is 5.90. The highest BCUT2D eigenvalue weighted by Gasteiger charge is 2.18. The molecular weight excluding hydrogens is 310 g/mol. The molecule has 0 bridgehead atoms. The molecule has 0 aliphatic heterocycles. The van der Waals surface area contributed by atoms with Gasteiger partial charge < -0.3 is 0 Å². The highest BCUT2D eigenvalue weighted by atomic mass is 35.5. The fourth-order valence-electron chi connectivity index (χ4n) is 1.73. The van der Waals surface area contributed by atoms with E-state index in [-0.39, 0.29) is 22.0 Å². The van der Waals surface area contributed by atoms with Gasteiger partial charge in [-0.1, -0.05) is 17.7 Å². The number of benzene rings is 1. The molecule has 0 atom stereocenters. The van der Waals surface area contributed by atoms with E-state index in [2.05, 4.69) is 9.71 Å². The molecule has 5 nitrogen and oxygen atoms in total. The van der Waals surface area contributed by atoms with Gasteiger partial charge in [-0.2, -0.15) is 5.26 Å². The maximum absolute atomic E-state index is 12.2. The third kappa shape index (κ3) is 4.02. The molecule has 0 spiro atoms. The Bertz CT molecular complexity index is 771. The molecule has 21 heavy (non-hydrogen) atoms. The predicted molar refractivity (Wildman–Crippen MR) is 79.3 cm³/mol. The molecule has 1 N–H and O–H groups in total. The van der Waals surface area contributed by atoms with Gasteiger partial charge in [0.2, 0.25) is 10.0 Å². The molecule has 0 aliphatic carbocycles. The minimum atomic E-state index is -3.75. The van der Waals surface area contributed by atoms with Gasteiger partial charge in [0.25, 0.3) is 0 Å². The van der Waals surface area contributed by atoms with Crippen LogP contribution in [-0.2, 0) is 16.4 Å². The Morgan fingerprint density at radius 1 is 1.33 bits per heavy atom. The average molecular weight is 322 g/mol. The standard InChI is InChI=1S/C14H12ClN3O2S/c15-13-4-3-12(9-16)8-14(13)21(19,20)18-7-5-11-2-1-6-17-10-11/h1-4,6,8,10,18H,5,7H2. The van der Waals surface area contributed by atoms with Crippen LogP contribution in [-0.4, -0.2) is 19.9 Å². The molecule has 1 aromatic heterocycles. The summed E-state index contributed by atoms with van der Waals surface area (Å²) in [5.41, 5.74) is 1.17. The van der Waals surface area contributed by atoms with E-state index in [1.54, 1.807) is 18.5 Å². The quantitative estimate of drug-likeness (QED) is 0.914. The first-order valence-corrected chi connectivity index (χ1v) is 7.97. The van der Waals surface area contributed by atoms with Crippen molar-refractivity contribution in [3.63, 3.8) is 0 Å². The van der Waals surface area contributed by atoms with Gasteiger partial charge in [-0.25, -0.2) is 13.1 Å². The molecule has 7 heteroatoms. The minimum Gasteiger partial charge on any atom is -0.264 e. The lowest BCUT2D eigenvalue weighted by Gasteiger charge is -2.08. The predicted octanol–water partition coefficient (Wildman–Crippen LogP) is 2.13. The van der Waals surface area contributed by atoms with E-state index in [4.69, 9.17) is 16.9 Å². The highest BCUT2D eigenvalue weighted by molar-refractivity contribution is 7.89. The molecule has 0 radical (unpaired) electrons. The molecule has 108 valence electrons. The Morgan fingerprint density at radius 2 is 2.14 bits per heavy atom. The normalized spacial score (nSPS) is 11.0. The first kappa shape index (κ1) is 15.4. The molecule has 0 saturated carbocycles. The second-order valence-electron chi connectivity index (χ2n) is 4.27. The fourth-order valence-corrected chi connectivity index (χ4v) is 3.29. The Balaban J connectivity index is 2.10. The van der Waals surface area contributed by atoms with Crippen molar-refractivity contribution in [1.82, 2.24) is 9.71 Å². The number of hydrogen-bond donors (Lipinski definition) is 1. The van der Waals surface area contributed by atoms with Crippen molar-refractivity contribution >= 4 is 21.6 Å². The number of sulfonamides is 1. The van der Waals surface area contributed by atoms with Crippen molar-refractivity contribution in [2.45, 2.75) is 11.3 Å². The van der Waals surface area contributed by atoms with Gasteiger partial charge in [-0.15, -0.1) is 0 Å². The molecule has 1 heterocycles. The van der Waals surface area contributed by atoms with Crippen molar-refractivity contribution in [3.05, 3.63) is 58.9 Å². The van der Waals surface area contributed by atoms with Crippen molar-refractivity contribution in [2.24, 2.45) is 0 Å². The molecule has 2 rings (SSSR count). The summed E-state index contributed by atoms with van der Waals surface area (Å²) in [6, 6.07) is 9.67. The third-order valence-electron chi connectivity index (χ3n) is 2.78. The fraction of sp³-hybridized carbons (Fsp3) is 0.143. The van der Waals surface area contributed by atoms with E-state index < -0.39 is 10.0 Å². The Morgan fingerprint density at radius 3 is 2.81 bits per heavy atom. The van der Waals surface area contributed by atoms with Crippen LogP contribution in [0.15, 0.2) is 47.6 Å². The highest BCUT2D eigenvalue weighted by Crippen LogP contribution is 2.22. The Hall–Kier alpha value is -1.94. The molecular formula is C14H12ClN3O2S. The van der Waals surface area contributed by atoms with Crippen LogP contribution in [0.1, 0.15) is 11.1 Å². The summed E-state index contributed by atoms with van der Waals surface area (Å²) in [4.78, 5) is 3.87. The van der Waals surface area contributed by atoms with Crippen LogP contribution in [0.3, 0.4) is 0 Å². The Labute approximate surface area is 128 Å². The van der Waals surface area contributed by atoms with Crippen molar-refractivity contribution < 1.29 is 8.42 Å². The van der Waals surface area contributed by atoms with Crippen LogP contribution >= 0.6 is 11.6 Å². The minimum absolute atomic E-state index is 0.0860. The summed E-state index contributed by atoms with van der Waals surface area (Å²) in [5.74, 6) is 0. The van der Waals surface area contributed by atoms with E-state index >= 15 is 0 Å². The summed E-state index contributed by atoms with van der Waals surface area (Å²) < 4.78 is 26.8. The smallest absolute Gasteiger partial charge is 0.242 e. The molecule has 0 saturated heterocycles. The zero-order valence-corrected chi connectivity index (χ0v) is 12.5. The lowest BCUT2D eigenvalue weighted by Crippen LogP contribution is -2.26. The molecule has 0 amide bonds. The molecule has 0 fully saturated rings. The number of nitriles is 1. The topological polar surface area (TPSA) is 82.8 Å². The molecule has 2 aromatic rings. The number of halogens is 1. The van der Waals surface area contributed by atoms with Crippen LogP contribution in [0.25, 0.3) is 0 Å². The maximum Gasteiger partial charge on any atom is 0.242 e. The van der Waals surface area contributed by atoms with Crippen LogP contribution in [0, 0.1) is 11.3 Å². The monoisotopic (exact) mass is 321 g/mol. The van der Waals surface area contributed by atoms with Gasteiger partial charge >= 0.3 is 0 Å². The summed E-state index contributed by atoms with van der Waals surface area (Å²) in [6.45, 7) is 0.223. The van der Waals surface area contributed by atoms with E-state index in [0.29, 0.717) is 6.42 Å². The van der Waals surface area contributed by atoms with Gasteiger partial charge in [0, 0.05) is 18.9 Å². The first-order valence-electron chi connectivity index (χ1n) is 6.11. The number of aromatic nitrogens is 1. The summed E-state index contributed by atoms with van der Waals surface area (Å²) in [6.07, 6.45) is 3.85. The maximum atomic E-state index is 12.2. The zero-order valence-electron chi connectivity index (χ0n) is 11.0. The Kier molecular flexibility index (Phi) is 4.91. The van der Waals surface area contributed by atoms with E-state index in [9.17, 15) is 8.42 Å². The second-order valence-corrected chi connectivity index (χ2v) is 6.41. The second kappa shape index (κ2) is 6.68. The number of nitrogens with one attached hydrogen (secondary N) is 1. The number of rotatable bonds is 5. The van der Waals surface area contributed by atoms with Gasteiger partial charge in [0.15, 0.2) is 0 Å². The molecule has 1 aromatic carbocycles. The number of hydrogen-bond acceptors (Lipinski definition) is 4. The third-order valence-corrected chi connectivity index (χ3v) is 4.72. The zero-order chi connectivity index (χ0) is 15.3. The van der Waals surface area contributed by atoms with E-state index in [1.807, 2.05) is 12.1 Å². The van der Waals surface area contributed by atoms with Crippen LogP contribution in [0.2, 0.25) is 5.02 Å². The van der Waals surface area contributed by atoms with Crippen LogP contribution < -0.4 is 4.72 Å². The van der Waals surface area contributed by atoms with Gasteiger partial charge in [-0.05, 0) is 36.2 Å². The van der Waals surface area contributed by atoms with Gasteiger partial charge in [-0.3, -0.25) is 4.98 Å². The van der Waals surface area contributed by atoms with Crippen molar-refractivity contribution in [3.8, 4) is 6.07 Å². The van der Waals surface area contributed by atoms with Crippen molar-refractivity contribution in [1.29, 1.82) is 5.26 Å². The molecule has 0 aliphatic rings.